The summed E-state index contributed by atoms with van der Waals surface area (Å²) in [6.45, 7) is 10.2. The third-order valence-electron chi connectivity index (χ3n) is 6.23. The standard InChI is InChI=1S/C25H32N6O/c1-17-8-10-22(18(2)14-17)28-25(32)11-9-21-19(3)29-31(20(21)4)24-15-23(26-16-27-24)30-12-6-5-7-13-30/h8,10,14-16H,5-7,9,11-13H2,1-4H3,(H,28,32). The van der Waals surface area contributed by atoms with Crippen LogP contribution >= 0.6 is 0 Å². The molecule has 1 N–H and O–H groups in total. The highest BCUT2D eigenvalue weighted by atomic mass is 16.1. The van der Waals surface area contributed by atoms with Gasteiger partial charge < -0.3 is 10.2 Å². The third-order valence-corrected chi connectivity index (χ3v) is 6.23. The molecule has 7 heteroatoms. The van der Waals surface area contributed by atoms with E-state index in [1.165, 1.54) is 24.8 Å². The Kier molecular flexibility index (Phi) is 6.53. The lowest BCUT2D eigenvalue weighted by Crippen LogP contribution is -2.30. The molecule has 0 unspecified atom stereocenters. The summed E-state index contributed by atoms with van der Waals surface area (Å²) in [5.74, 6) is 1.74. The van der Waals surface area contributed by atoms with Crippen LogP contribution in [-0.4, -0.2) is 38.7 Å². The predicted molar refractivity (Wildman–Crippen MR) is 128 cm³/mol. The molecule has 0 bridgehead atoms. The molecule has 0 aliphatic carbocycles. The number of carbonyl (C=O) groups is 1. The summed E-state index contributed by atoms with van der Waals surface area (Å²) in [5.41, 5.74) is 6.18. The van der Waals surface area contributed by atoms with Gasteiger partial charge in [0.25, 0.3) is 0 Å². The van der Waals surface area contributed by atoms with E-state index in [0.717, 1.165) is 52.9 Å². The van der Waals surface area contributed by atoms with Gasteiger partial charge in [-0.15, -0.1) is 0 Å². The lowest BCUT2D eigenvalue weighted by atomic mass is 10.1. The van der Waals surface area contributed by atoms with Gasteiger partial charge in [-0.2, -0.15) is 5.10 Å². The molecule has 2 aromatic heterocycles. The van der Waals surface area contributed by atoms with Gasteiger partial charge in [-0.1, -0.05) is 17.7 Å². The summed E-state index contributed by atoms with van der Waals surface area (Å²) in [7, 11) is 0. The molecule has 0 radical (unpaired) electrons. The number of nitrogens with zero attached hydrogens (tertiary/aromatic N) is 5. The summed E-state index contributed by atoms with van der Waals surface area (Å²) < 4.78 is 1.88. The quantitative estimate of drug-likeness (QED) is 0.622. The average molecular weight is 433 g/mol. The fourth-order valence-corrected chi connectivity index (χ4v) is 4.41. The largest absolute Gasteiger partial charge is 0.356 e. The van der Waals surface area contributed by atoms with E-state index >= 15 is 0 Å². The van der Waals surface area contributed by atoms with Gasteiger partial charge in [-0.25, -0.2) is 14.6 Å². The number of hydrogen-bond acceptors (Lipinski definition) is 5. The molecule has 7 nitrogen and oxygen atoms in total. The average Bonchev–Trinajstić information content (AvgIpc) is 3.08. The molecule has 3 heterocycles. The summed E-state index contributed by atoms with van der Waals surface area (Å²) in [6.07, 6.45) is 6.35. The van der Waals surface area contributed by atoms with Crippen molar-refractivity contribution in [2.75, 3.05) is 23.3 Å². The van der Waals surface area contributed by atoms with Gasteiger partial charge in [0.2, 0.25) is 5.91 Å². The van der Waals surface area contributed by atoms with Gasteiger partial charge in [0, 0.05) is 37.0 Å². The normalized spacial score (nSPS) is 13.9. The number of aromatic nitrogens is 4. The van der Waals surface area contributed by atoms with Crippen LogP contribution in [-0.2, 0) is 11.2 Å². The van der Waals surface area contributed by atoms with E-state index in [0.29, 0.717) is 12.8 Å². The van der Waals surface area contributed by atoms with Crippen molar-refractivity contribution in [1.82, 2.24) is 19.7 Å². The van der Waals surface area contributed by atoms with Gasteiger partial charge in [0.1, 0.15) is 12.1 Å². The lowest BCUT2D eigenvalue weighted by Gasteiger charge is -2.27. The van der Waals surface area contributed by atoms with E-state index in [4.69, 9.17) is 5.10 Å². The number of amides is 1. The van der Waals surface area contributed by atoms with Gasteiger partial charge in [0.15, 0.2) is 5.82 Å². The minimum absolute atomic E-state index is 0.0120. The Morgan fingerprint density at radius 3 is 2.50 bits per heavy atom. The minimum Gasteiger partial charge on any atom is -0.356 e. The molecular formula is C25H32N6O. The van der Waals surface area contributed by atoms with Crippen molar-refractivity contribution in [3.8, 4) is 5.82 Å². The van der Waals surface area contributed by atoms with Crippen LogP contribution in [0.5, 0.6) is 0 Å². The number of rotatable bonds is 6. The topological polar surface area (TPSA) is 75.9 Å². The molecule has 3 aromatic rings. The molecule has 0 spiro atoms. The maximum absolute atomic E-state index is 12.6. The van der Waals surface area contributed by atoms with Crippen molar-refractivity contribution in [2.24, 2.45) is 0 Å². The molecule has 4 rings (SSSR count). The van der Waals surface area contributed by atoms with E-state index in [1.807, 2.05) is 43.7 Å². The first kappa shape index (κ1) is 22.0. The summed E-state index contributed by atoms with van der Waals surface area (Å²) in [6, 6.07) is 8.07. The molecule has 1 aromatic carbocycles. The van der Waals surface area contributed by atoms with Crippen LogP contribution in [0.25, 0.3) is 5.82 Å². The number of carbonyl (C=O) groups excluding carboxylic acids is 1. The number of benzene rings is 1. The van der Waals surface area contributed by atoms with Gasteiger partial charge in [-0.3, -0.25) is 4.79 Å². The number of hydrogen-bond donors (Lipinski definition) is 1. The highest BCUT2D eigenvalue weighted by Gasteiger charge is 2.18. The highest BCUT2D eigenvalue weighted by Crippen LogP contribution is 2.23. The van der Waals surface area contributed by atoms with E-state index < -0.39 is 0 Å². The van der Waals surface area contributed by atoms with Crippen molar-refractivity contribution < 1.29 is 4.79 Å². The SMILES string of the molecule is Cc1ccc(NC(=O)CCc2c(C)nn(-c3cc(N4CCCCC4)ncn3)c2C)c(C)c1. The van der Waals surface area contributed by atoms with Crippen LogP contribution in [0.15, 0.2) is 30.6 Å². The molecule has 1 amide bonds. The molecule has 1 aliphatic rings. The van der Waals surface area contributed by atoms with Gasteiger partial charge >= 0.3 is 0 Å². The molecular weight excluding hydrogens is 400 g/mol. The van der Waals surface area contributed by atoms with Crippen LogP contribution in [0.1, 0.15) is 53.8 Å². The van der Waals surface area contributed by atoms with Crippen LogP contribution in [0, 0.1) is 27.7 Å². The molecule has 0 atom stereocenters. The fourth-order valence-electron chi connectivity index (χ4n) is 4.41. The summed E-state index contributed by atoms with van der Waals surface area (Å²) in [5, 5.41) is 7.77. The first-order chi connectivity index (χ1) is 15.4. The van der Waals surface area contributed by atoms with Crippen molar-refractivity contribution in [3.63, 3.8) is 0 Å². The Bertz CT molecular complexity index is 1110. The molecule has 32 heavy (non-hydrogen) atoms. The molecule has 1 aliphatic heterocycles. The van der Waals surface area contributed by atoms with Crippen molar-refractivity contribution in [2.45, 2.75) is 59.8 Å². The zero-order valence-electron chi connectivity index (χ0n) is 19.5. The van der Waals surface area contributed by atoms with E-state index in [1.54, 1.807) is 6.33 Å². The first-order valence-corrected chi connectivity index (χ1v) is 11.4. The number of anilines is 2. The maximum Gasteiger partial charge on any atom is 0.224 e. The molecule has 168 valence electrons. The number of piperidine rings is 1. The Morgan fingerprint density at radius 2 is 1.75 bits per heavy atom. The van der Waals surface area contributed by atoms with Crippen molar-refractivity contribution in [1.29, 1.82) is 0 Å². The summed E-state index contributed by atoms with van der Waals surface area (Å²) >= 11 is 0. The van der Waals surface area contributed by atoms with E-state index in [9.17, 15) is 4.79 Å². The van der Waals surface area contributed by atoms with Crippen LogP contribution in [0.2, 0.25) is 0 Å². The monoisotopic (exact) mass is 432 g/mol. The Morgan fingerprint density at radius 1 is 1.00 bits per heavy atom. The lowest BCUT2D eigenvalue weighted by molar-refractivity contribution is -0.116. The first-order valence-electron chi connectivity index (χ1n) is 11.4. The molecule has 1 fully saturated rings. The number of aryl methyl sites for hydroxylation is 3. The summed E-state index contributed by atoms with van der Waals surface area (Å²) in [4.78, 5) is 23.8. The second-order valence-corrected chi connectivity index (χ2v) is 8.71. The third kappa shape index (κ3) is 4.82. The highest BCUT2D eigenvalue weighted by molar-refractivity contribution is 5.91. The van der Waals surface area contributed by atoms with Crippen molar-refractivity contribution in [3.05, 3.63) is 58.7 Å². The van der Waals surface area contributed by atoms with Gasteiger partial charge in [-0.05, 0) is 70.6 Å². The fraction of sp³-hybridized carbons (Fsp3) is 0.440. The Labute approximate surface area is 189 Å². The second kappa shape index (κ2) is 9.51. The second-order valence-electron chi connectivity index (χ2n) is 8.71. The van der Waals surface area contributed by atoms with E-state index in [-0.39, 0.29) is 5.91 Å². The van der Waals surface area contributed by atoms with Crippen molar-refractivity contribution >= 4 is 17.4 Å². The Balaban J connectivity index is 1.47. The Hall–Kier alpha value is -3.22. The van der Waals surface area contributed by atoms with Crippen LogP contribution in [0.3, 0.4) is 0 Å². The zero-order chi connectivity index (χ0) is 22.7. The minimum atomic E-state index is 0.0120. The molecule has 0 saturated carbocycles. The molecule has 1 saturated heterocycles. The smallest absolute Gasteiger partial charge is 0.224 e. The predicted octanol–water partition coefficient (Wildman–Crippen LogP) is 4.46. The number of nitrogens with one attached hydrogen (secondary N) is 1. The van der Waals surface area contributed by atoms with Gasteiger partial charge in [0.05, 0.1) is 5.69 Å². The van der Waals surface area contributed by atoms with Crippen LogP contribution in [0.4, 0.5) is 11.5 Å². The van der Waals surface area contributed by atoms with E-state index in [2.05, 4.69) is 33.2 Å². The van der Waals surface area contributed by atoms with Crippen LogP contribution < -0.4 is 10.2 Å². The maximum atomic E-state index is 12.6. The zero-order valence-corrected chi connectivity index (χ0v) is 19.5.